The Labute approximate surface area is 139 Å². The van der Waals surface area contributed by atoms with Gasteiger partial charge in [0.25, 0.3) is 0 Å². The molecule has 10 heteroatoms. The van der Waals surface area contributed by atoms with E-state index in [1.54, 1.807) is 11.5 Å². The van der Waals surface area contributed by atoms with Crippen LogP contribution in [0, 0.1) is 0 Å². The molecule has 2 aromatic heterocycles. The molecule has 0 saturated heterocycles. The van der Waals surface area contributed by atoms with Crippen LogP contribution in [0.4, 0.5) is 0 Å². The summed E-state index contributed by atoms with van der Waals surface area (Å²) in [5.74, 6) is 1.69. The molecule has 0 bridgehead atoms. The first-order valence-electron chi connectivity index (χ1n) is 7.81. The Morgan fingerprint density at radius 3 is 2.75 bits per heavy atom. The molecular weight excluding hydrogens is 311 g/mol. The molecule has 0 aromatic carbocycles. The molecule has 2 heterocycles. The molecule has 1 fully saturated rings. The highest BCUT2D eigenvalue weighted by Gasteiger charge is 2.31. The quantitative estimate of drug-likeness (QED) is 0.580. The lowest BCUT2D eigenvalue weighted by Crippen LogP contribution is -2.34. The third-order valence-corrected chi connectivity index (χ3v) is 3.72. The van der Waals surface area contributed by atoms with Crippen LogP contribution in [0.15, 0.2) is 12.4 Å². The van der Waals surface area contributed by atoms with Crippen LogP contribution in [0.2, 0.25) is 6.82 Å². The molecule has 0 radical (unpaired) electrons. The number of esters is 1. The fraction of sp³-hybridized carbons (Fsp3) is 0.500. The Morgan fingerprint density at radius 2 is 2.21 bits per heavy atom. The highest BCUT2D eigenvalue weighted by Crippen LogP contribution is 2.38. The summed E-state index contributed by atoms with van der Waals surface area (Å²) in [6, 6.07) is -0.230. The van der Waals surface area contributed by atoms with Crippen molar-refractivity contribution >= 4 is 13.0 Å². The first-order valence-corrected chi connectivity index (χ1v) is 7.81. The Kier molecular flexibility index (Phi) is 4.58. The van der Waals surface area contributed by atoms with Gasteiger partial charge in [0.2, 0.25) is 0 Å². The smallest absolute Gasteiger partial charge is 0.374 e. The number of hydrogen-bond acceptors (Lipinski definition) is 8. The van der Waals surface area contributed by atoms with Gasteiger partial charge in [-0.3, -0.25) is 0 Å². The molecule has 2 N–H and O–H groups in total. The van der Waals surface area contributed by atoms with Crippen LogP contribution in [-0.4, -0.2) is 49.9 Å². The third-order valence-electron chi connectivity index (χ3n) is 3.72. The van der Waals surface area contributed by atoms with E-state index in [0.29, 0.717) is 17.6 Å². The number of ether oxygens (including phenoxy) is 1. The minimum atomic E-state index is -0.678. The van der Waals surface area contributed by atoms with Crippen LogP contribution in [0.25, 0.3) is 5.82 Å². The van der Waals surface area contributed by atoms with E-state index in [0.717, 1.165) is 18.7 Å². The van der Waals surface area contributed by atoms with E-state index in [4.69, 9.17) is 0 Å². The molecule has 0 aliphatic heterocycles. The first kappa shape index (κ1) is 16.5. The monoisotopic (exact) mass is 330 g/mol. The van der Waals surface area contributed by atoms with Crippen molar-refractivity contribution in [2.24, 2.45) is 0 Å². The van der Waals surface area contributed by atoms with Crippen molar-refractivity contribution in [2.75, 3.05) is 7.11 Å². The van der Waals surface area contributed by atoms with Gasteiger partial charge in [0, 0.05) is 5.92 Å². The van der Waals surface area contributed by atoms with Gasteiger partial charge in [-0.25, -0.2) is 19.7 Å². The zero-order valence-corrected chi connectivity index (χ0v) is 13.8. The normalized spacial score (nSPS) is 15.2. The van der Waals surface area contributed by atoms with Gasteiger partial charge in [0.1, 0.15) is 5.82 Å². The number of rotatable bonds is 6. The molecule has 1 aliphatic carbocycles. The number of aromatic nitrogens is 5. The Hall–Kier alpha value is -2.33. The summed E-state index contributed by atoms with van der Waals surface area (Å²) < 4.78 is 6.22. The number of hydrogen-bond donors (Lipinski definition) is 2. The summed E-state index contributed by atoms with van der Waals surface area (Å²) in [5, 5.41) is 17.1. The fourth-order valence-electron chi connectivity index (χ4n) is 2.38. The highest BCUT2D eigenvalue weighted by molar-refractivity contribution is 6.45. The number of nitrogens with zero attached hydrogens (tertiary/aromatic N) is 5. The highest BCUT2D eigenvalue weighted by atomic mass is 16.5. The predicted octanol–water partition coefficient (Wildman–Crippen LogP) is 0.482. The molecule has 1 atom stereocenters. The van der Waals surface area contributed by atoms with Crippen LogP contribution in [0.3, 0.4) is 0 Å². The van der Waals surface area contributed by atoms with E-state index in [1.807, 2.05) is 6.92 Å². The van der Waals surface area contributed by atoms with Crippen molar-refractivity contribution in [3.8, 4) is 5.82 Å². The standard InChI is InChI=1S/C14H19BN6O3/c1-8(19-15(2)23)13-18-12(9-4-5-9)20-21(13)11-7-16-10(6-17-11)14(22)24-3/h6-9,19,23H,4-5H2,1-3H3/t8-/m0/s1. The van der Waals surface area contributed by atoms with E-state index in [1.165, 1.54) is 19.5 Å². The largest absolute Gasteiger partial charge is 0.464 e. The van der Waals surface area contributed by atoms with Crippen molar-refractivity contribution in [3.05, 3.63) is 29.7 Å². The SMILES string of the molecule is COC(=O)c1cnc(-n2nc(C3CC3)nc2[C@H](C)NB(C)O)cn1. The molecule has 1 aliphatic rings. The van der Waals surface area contributed by atoms with Crippen molar-refractivity contribution in [1.29, 1.82) is 0 Å². The van der Waals surface area contributed by atoms with E-state index in [9.17, 15) is 9.82 Å². The van der Waals surface area contributed by atoms with Crippen LogP contribution in [-0.2, 0) is 4.74 Å². The van der Waals surface area contributed by atoms with Gasteiger partial charge in [0.15, 0.2) is 17.3 Å². The number of carbonyl (C=O) groups is 1. The lowest BCUT2D eigenvalue weighted by molar-refractivity contribution is 0.0593. The second-order valence-corrected chi connectivity index (χ2v) is 5.83. The van der Waals surface area contributed by atoms with E-state index < -0.39 is 13.0 Å². The van der Waals surface area contributed by atoms with Crippen molar-refractivity contribution in [1.82, 2.24) is 30.0 Å². The molecule has 3 rings (SSSR count). The number of nitrogens with one attached hydrogen (secondary N) is 1. The van der Waals surface area contributed by atoms with Crippen molar-refractivity contribution in [2.45, 2.75) is 38.5 Å². The van der Waals surface area contributed by atoms with Crippen LogP contribution < -0.4 is 5.23 Å². The van der Waals surface area contributed by atoms with E-state index in [-0.39, 0.29) is 11.7 Å². The molecule has 126 valence electrons. The third kappa shape index (κ3) is 3.44. The van der Waals surface area contributed by atoms with Gasteiger partial charge in [-0.2, -0.15) is 4.68 Å². The first-order chi connectivity index (χ1) is 11.5. The zero-order chi connectivity index (χ0) is 17.3. The average molecular weight is 330 g/mol. The van der Waals surface area contributed by atoms with Gasteiger partial charge in [-0.05, 0) is 26.6 Å². The topological polar surface area (TPSA) is 115 Å². The molecule has 0 spiro atoms. The van der Waals surface area contributed by atoms with Crippen molar-refractivity contribution in [3.63, 3.8) is 0 Å². The fourth-order valence-corrected chi connectivity index (χ4v) is 2.38. The van der Waals surface area contributed by atoms with Gasteiger partial charge in [-0.1, -0.05) is 0 Å². The zero-order valence-electron chi connectivity index (χ0n) is 13.8. The van der Waals surface area contributed by atoms with Gasteiger partial charge in [0.05, 0.1) is 25.5 Å². The minimum absolute atomic E-state index is 0.125. The summed E-state index contributed by atoms with van der Waals surface area (Å²) in [7, 11) is 0.612. The molecule has 0 amide bonds. The van der Waals surface area contributed by atoms with Crippen LogP contribution >= 0.6 is 0 Å². The summed E-state index contributed by atoms with van der Waals surface area (Å²) in [6.45, 7) is 3.53. The second kappa shape index (κ2) is 6.66. The number of methoxy groups -OCH3 is 1. The summed E-state index contributed by atoms with van der Waals surface area (Å²) >= 11 is 0. The molecule has 1 saturated carbocycles. The maximum atomic E-state index is 11.5. The lowest BCUT2D eigenvalue weighted by Gasteiger charge is -2.14. The van der Waals surface area contributed by atoms with E-state index >= 15 is 0 Å². The summed E-state index contributed by atoms with van der Waals surface area (Å²) in [4.78, 5) is 24.4. The van der Waals surface area contributed by atoms with Crippen molar-refractivity contribution < 1.29 is 14.6 Å². The maximum Gasteiger partial charge on any atom is 0.374 e. The second-order valence-electron chi connectivity index (χ2n) is 5.83. The summed E-state index contributed by atoms with van der Waals surface area (Å²) in [5.41, 5.74) is 0.125. The van der Waals surface area contributed by atoms with Crippen LogP contribution in [0.1, 0.15) is 53.9 Å². The average Bonchev–Trinajstić information content (AvgIpc) is 3.32. The number of carbonyl (C=O) groups excluding carboxylic acids is 1. The summed E-state index contributed by atoms with van der Waals surface area (Å²) in [6.07, 6.45) is 4.95. The molecule has 24 heavy (non-hydrogen) atoms. The van der Waals surface area contributed by atoms with Gasteiger partial charge >= 0.3 is 13.0 Å². The van der Waals surface area contributed by atoms with Gasteiger partial charge in [-0.15, -0.1) is 5.10 Å². The van der Waals surface area contributed by atoms with E-state index in [2.05, 4.69) is 30.0 Å². The van der Waals surface area contributed by atoms with Crippen LogP contribution in [0.5, 0.6) is 0 Å². The maximum absolute atomic E-state index is 11.5. The minimum Gasteiger partial charge on any atom is -0.464 e. The Morgan fingerprint density at radius 1 is 1.46 bits per heavy atom. The lowest BCUT2D eigenvalue weighted by atomic mass is 9.87. The Balaban J connectivity index is 1.94. The predicted molar refractivity (Wildman–Crippen MR) is 85.7 cm³/mol. The molecular formula is C14H19BN6O3. The Bertz CT molecular complexity index is 729. The molecule has 2 aromatic rings. The molecule has 0 unspecified atom stereocenters. The molecule has 9 nitrogen and oxygen atoms in total. The van der Waals surface area contributed by atoms with Gasteiger partial charge < -0.3 is 15.0 Å².